The maximum atomic E-state index is 12.8. The van der Waals surface area contributed by atoms with E-state index in [1.54, 1.807) is 41.8 Å². The molecule has 0 unspecified atom stereocenters. The van der Waals surface area contributed by atoms with Gasteiger partial charge in [-0.25, -0.2) is 4.79 Å². The Bertz CT molecular complexity index is 822. The van der Waals surface area contributed by atoms with Gasteiger partial charge in [-0.3, -0.25) is 4.98 Å². The van der Waals surface area contributed by atoms with Crippen LogP contribution in [0.4, 0.5) is 10.5 Å². The van der Waals surface area contributed by atoms with Crippen LogP contribution < -0.4 is 10.1 Å². The number of nitrogens with one attached hydrogen (secondary N) is 1. The van der Waals surface area contributed by atoms with E-state index in [1.165, 1.54) is 4.88 Å². The van der Waals surface area contributed by atoms with Gasteiger partial charge in [0.05, 0.1) is 7.11 Å². The largest absolute Gasteiger partial charge is 0.497 e. The number of hydrogen-bond donors (Lipinski definition) is 1. The molecule has 1 aromatic carbocycles. The summed E-state index contributed by atoms with van der Waals surface area (Å²) < 4.78 is 5.22. The van der Waals surface area contributed by atoms with Crippen molar-refractivity contribution in [2.24, 2.45) is 0 Å². The van der Waals surface area contributed by atoms with E-state index in [2.05, 4.69) is 21.7 Å². The second-order valence-electron chi connectivity index (χ2n) is 5.77. The van der Waals surface area contributed by atoms with Crippen molar-refractivity contribution in [3.05, 3.63) is 76.7 Å². The van der Waals surface area contributed by atoms with Crippen LogP contribution in [0.2, 0.25) is 0 Å². The van der Waals surface area contributed by atoms with E-state index in [1.807, 2.05) is 36.4 Å². The first kappa shape index (κ1) is 17.9. The molecule has 0 spiro atoms. The van der Waals surface area contributed by atoms with Crippen molar-refractivity contribution in [2.75, 3.05) is 19.0 Å². The molecule has 3 rings (SSSR count). The maximum Gasteiger partial charge on any atom is 0.322 e. The second kappa shape index (κ2) is 9.01. The van der Waals surface area contributed by atoms with Gasteiger partial charge in [-0.1, -0.05) is 18.2 Å². The summed E-state index contributed by atoms with van der Waals surface area (Å²) >= 11 is 1.70. The van der Waals surface area contributed by atoms with Crippen LogP contribution >= 0.6 is 11.3 Å². The Morgan fingerprint density at radius 1 is 1.23 bits per heavy atom. The predicted molar refractivity (Wildman–Crippen MR) is 105 cm³/mol. The predicted octanol–water partition coefficient (Wildman–Crippen LogP) is 4.43. The average Bonchev–Trinajstić information content (AvgIpc) is 3.19. The highest BCUT2D eigenvalue weighted by atomic mass is 32.1. The molecule has 5 nitrogen and oxygen atoms in total. The van der Waals surface area contributed by atoms with E-state index in [4.69, 9.17) is 4.74 Å². The maximum absolute atomic E-state index is 12.8. The number of thiophene rings is 1. The molecule has 0 fully saturated rings. The molecule has 0 aliphatic heterocycles. The van der Waals surface area contributed by atoms with E-state index in [0.29, 0.717) is 24.5 Å². The molecule has 6 heteroatoms. The number of amides is 2. The summed E-state index contributed by atoms with van der Waals surface area (Å²) in [6.45, 7) is 1.14. The van der Waals surface area contributed by atoms with Crippen LogP contribution in [-0.2, 0) is 13.0 Å². The summed E-state index contributed by atoms with van der Waals surface area (Å²) in [6.07, 6.45) is 4.34. The molecule has 134 valence electrons. The van der Waals surface area contributed by atoms with Crippen LogP contribution in [0.25, 0.3) is 0 Å². The first-order valence-electron chi connectivity index (χ1n) is 8.36. The molecule has 0 aliphatic carbocycles. The molecule has 0 radical (unpaired) electrons. The quantitative estimate of drug-likeness (QED) is 0.672. The van der Waals surface area contributed by atoms with Crippen LogP contribution in [0.5, 0.6) is 5.75 Å². The average molecular weight is 367 g/mol. The number of anilines is 1. The normalized spacial score (nSPS) is 10.3. The smallest absolute Gasteiger partial charge is 0.322 e. The zero-order valence-electron chi connectivity index (χ0n) is 14.6. The fraction of sp³-hybridized carbons (Fsp3) is 0.200. The van der Waals surface area contributed by atoms with Gasteiger partial charge < -0.3 is 15.0 Å². The van der Waals surface area contributed by atoms with Gasteiger partial charge in [0.1, 0.15) is 5.75 Å². The molecule has 2 heterocycles. The first-order valence-corrected chi connectivity index (χ1v) is 9.24. The highest BCUT2D eigenvalue weighted by molar-refractivity contribution is 7.09. The third kappa shape index (κ3) is 5.07. The number of nitrogens with zero attached hydrogens (tertiary/aromatic N) is 2. The van der Waals surface area contributed by atoms with Crippen molar-refractivity contribution in [1.82, 2.24) is 9.88 Å². The van der Waals surface area contributed by atoms with Gasteiger partial charge >= 0.3 is 6.03 Å². The Balaban J connectivity index is 1.70. The molecule has 1 N–H and O–H groups in total. The lowest BCUT2D eigenvalue weighted by Gasteiger charge is -2.23. The molecular formula is C20H21N3O2S. The van der Waals surface area contributed by atoms with Gasteiger partial charge in [0.15, 0.2) is 0 Å². The summed E-state index contributed by atoms with van der Waals surface area (Å²) in [7, 11) is 1.61. The molecule has 0 bridgehead atoms. The number of aromatic nitrogens is 1. The topological polar surface area (TPSA) is 54.5 Å². The molecule has 26 heavy (non-hydrogen) atoms. The summed E-state index contributed by atoms with van der Waals surface area (Å²) in [6, 6.07) is 15.2. The van der Waals surface area contributed by atoms with Crippen LogP contribution in [0, 0.1) is 0 Å². The molecule has 0 saturated carbocycles. The van der Waals surface area contributed by atoms with Crippen molar-refractivity contribution < 1.29 is 9.53 Å². The van der Waals surface area contributed by atoms with E-state index in [-0.39, 0.29) is 6.03 Å². The lowest BCUT2D eigenvalue weighted by molar-refractivity contribution is 0.210. The van der Waals surface area contributed by atoms with E-state index in [9.17, 15) is 4.79 Å². The van der Waals surface area contributed by atoms with Crippen molar-refractivity contribution >= 4 is 23.1 Å². The summed E-state index contributed by atoms with van der Waals surface area (Å²) in [5.41, 5.74) is 1.71. The highest BCUT2D eigenvalue weighted by Crippen LogP contribution is 2.18. The fourth-order valence-electron chi connectivity index (χ4n) is 2.57. The summed E-state index contributed by atoms with van der Waals surface area (Å²) in [5, 5.41) is 5.01. The third-order valence-electron chi connectivity index (χ3n) is 3.91. The van der Waals surface area contributed by atoms with Gasteiger partial charge in [-0.2, -0.15) is 0 Å². The minimum absolute atomic E-state index is 0.140. The van der Waals surface area contributed by atoms with E-state index >= 15 is 0 Å². The first-order chi connectivity index (χ1) is 12.7. The number of rotatable bonds is 7. The minimum Gasteiger partial charge on any atom is -0.497 e. The van der Waals surface area contributed by atoms with Crippen LogP contribution in [0.1, 0.15) is 10.4 Å². The Labute approximate surface area is 157 Å². The molecular weight excluding hydrogens is 346 g/mol. The van der Waals surface area contributed by atoms with E-state index < -0.39 is 0 Å². The number of carbonyl (C=O) groups is 1. The second-order valence-corrected chi connectivity index (χ2v) is 6.81. The molecule has 0 aliphatic rings. The molecule has 3 aromatic rings. The van der Waals surface area contributed by atoms with Crippen molar-refractivity contribution in [3.63, 3.8) is 0 Å². The lowest BCUT2D eigenvalue weighted by Crippen LogP contribution is -2.36. The molecule has 0 saturated heterocycles. The highest BCUT2D eigenvalue weighted by Gasteiger charge is 2.15. The van der Waals surface area contributed by atoms with Gasteiger partial charge in [0.2, 0.25) is 0 Å². The van der Waals surface area contributed by atoms with Gasteiger partial charge in [-0.15, -0.1) is 11.3 Å². The number of urea groups is 1. The number of benzene rings is 1. The zero-order valence-corrected chi connectivity index (χ0v) is 15.4. The Kier molecular flexibility index (Phi) is 6.22. The van der Waals surface area contributed by atoms with Gasteiger partial charge in [0.25, 0.3) is 0 Å². The van der Waals surface area contributed by atoms with Crippen molar-refractivity contribution in [2.45, 2.75) is 13.0 Å². The Hall–Kier alpha value is -2.86. The number of methoxy groups -OCH3 is 1. The van der Waals surface area contributed by atoms with Gasteiger partial charge in [-0.05, 0) is 41.6 Å². The van der Waals surface area contributed by atoms with E-state index in [0.717, 1.165) is 12.0 Å². The SMILES string of the molecule is COc1cccc(NC(=O)N(CCc2cccs2)Cc2cccnc2)c1. The molecule has 0 atom stereocenters. The third-order valence-corrected chi connectivity index (χ3v) is 4.85. The number of carbonyl (C=O) groups excluding carboxylic acids is 1. The number of ether oxygens (including phenoxy) is 1. The van der Waals surface area contributed by atoms with Crippen molar-refractivity contribution in [1.29, 1.82) is 0 Å². The Morgan fingerprint density at radius 3 is 2.88 bits per heavy atom. The van der Waals surface area contributed by atoms with Gasteiger partial charge in [0, 0.05) is 42.1 Å². The standard InChI is InChI=1S/C20H21N3O2S/c1-25-18-7-2-6-17(13-18)22-20(24)23(11-9-19-8-4-12-26-19)15-16-5-3-10-21-14-16/h2-8,10,12-14H,9,11,15H2,1H3,(H,22,24). The van der Waals surface area contributed by atoms with Crippen LogP contribution in [0.15, 0.2) is 66.3 Å². The summed E-state index contributed by atoms with van der Waals surface area (Å²) in [4.78, 5) is 20.0. The van der Waals surface area contributed by atoms with Crippen molar-refractivity contribution in [3.8, 4) is 5.75 Å². The molecule has 2 amide bonds. The minimum atomic E-state index is -0.140. The summed E-state index contributed by atoms with van der Waals surface area (Å²) in [5.74, 6) is 0.709. The van der Waals surface area contributed by atoms with Crippen LogP contribution in [-0.4, -0.2) is 29.6 Å². The Morgan fingerprint density at radius 2 is 2.15 bits per heavy atom. The van der Waals surface area contributed by atoms with Crippen LogP contribution in [0.3, 0.4) is 0 Å². The number of pyridine rings is 1. The monoisotopic (exact) mass is 367 g/mol. The molecule has 2 aromatic heterocycles. The number of hydrogen-bond acceptors (Lipinski definition) is 4. The zero-order chi connectivity index (χ0) is 18.2. The lowest BCUT2D eigenvalue weighted by atomic mass is 10.2. The fourth-order valence-corrected chi connectivity index (χ4v) is 3.27.